The van der Waals surface area contributed by atoms with Crippen molar-refractivity contribution in [3.05, 3.63) is 35.1 Å². The fraction of sp³-hybridized carbons (Fsp3) is 0.333. The SMILES string of the molecule is NC(=S)c1cc(CN2CCOCC2=O)ccc1F. The van der Waals surface area contributed by atoms with Crippen LogP contribution in [-0.2, 0) is 16.1 Å². The van der Waals surface area contributed by atoms with Gasteiger partial charge in [-0.15, -0.1) is 0 Å². The molecule has 2 rings (SSSR count). The zero-order valence-electron chi connectivity index (χ0n) is 9.69. The van der Waals surface area contributed by atoms with Crippen LogP contribution < -0.4 is 5.73 Å². The molecule has 18 heavy (non-hydrogen) atoms. The molecular weight excluding hydrogens is 255 g/mol. The molecule has 1 aromatic rings. The number of carbonyl (C=O) groups is 1. The highest BCUT2D eigenvalue weighted by Gasteiger charge is 2.19. The predicted molar refractivity (Wildman–Crippen MR) is 68.5 cm³/mol. The number of hydrogen-bond acceptors (Lipinski definition) is 3. The zero-order valence-corrected chi connectivity index (χ0v) is 10.5. The lowest BCUT2D eigenvalue weighted by atomic mass is 10.1. The summed E-state index contributed by atoms with van der Waals surface area (Å²) in [4.78, 5) is 13.2. The van der Waals surface area contributed by atoms with Gasteiger partial charge in [-0.1, -0.05) is 18.3 Å². The van der Waals surface area contributed by atoms with E-state index in [9.17, 15) is 9.18 Å². The summed E-state index contributed by atoms with van der Waals surface area (Å²) in [5.74, 6) is -0.512. The van der Waals surface area contributed by atoms with Gasteiger partial charge in [-0.25, -0.2) is 4.39 Å². The van der Waals surface area contributed by atoms with Crippen molar-refractivity contribution in [2.24, 2.45) is 5.73 Å². The van der Waals surface area contributed by atoms with Crippen molar-refractivity contribution >= 4 is 23.1 Å². The van der Waals surface area contributed by atoms with Crippen LogP contribution in [0.5, 0.6) is 0 Å². The molecule has 1 aromatic carbocycles. The number of morpholine rings is 1. The number of rotatable bonds is 3. The number of thiocarbonyl (C=S) groups is 1. The second kappa shape index (κ2) is 5.41. The molecule has 0 spiro atoms. The first kappa shape index (κ1) is 12.9. The van der Waals surface area contributed by atoms with Crippen LogP contribution >= 0.6 is 12.2 Å². The minimum absolute atomic E-state index is 0.0163. The van der Waals surface area contributed by atoms with Crippen LogP contribution in [0, 0.1) is 5.82 Å². The van der Waals surface area contributed by atoms with Gasteiger partial charge in [-0.3, -0.25) is 4.79 Å². The molecule has 1 aliphatic heterocycles. The molecule has 0 saturated carbocycles. The average molecular weight is 268 g/mol. The molecule has 4 nitrogen and oxygen atoms in total. The summed E-state index contributed by atoms with van der Waals surface area (Å²) in [6, 6.07) is 4.52. The summed E-state index contributed by atoms with van der Waals surface area (Å²) in [6.45, 7) is 1.58. The smallest absolute Gasteiger partial charge is 0.248 e. The van der Waals surface area contributed by atoms with E-state index in [1.54, 1.807) is 17.0 Å². The molecule has 1 fully saturated rings. The van der Waals surface area contributed by atoms with Gasteiger partial charge < -0.3 is 15.4 Å². The first-order valence-electron chi connectivity index (χ1n) is 5.51. The van der Waals surface area contributed by atoms with Crippen molar-refractivity contribution in [2.75, 3.05) is 19.8 Å². The molecule has 0 aromatic heterocycles. The Morgan fingerprint density at radius 2 is 2.33 bits per heavy atom. The van der Waals surface area contributed by atoms with E-state index < -0.39 is 5.82 Å². The highest BCUT2D eigenvalue weighted by molar-refractivity contribution is 7.80. The Hall–Kier alpha value is -1.53. The largest absolute Gasteiger partial charge is 0.389 e. The first-order chi connectivity index (χ1) is 8.58. The fourth-order valence-corrected chi connectivity index (χ4v) is 1.95. The van der Waals surface area contributed by atoms with Crippen LogP contribution in [0.1, 0.15) is 11.1 Å². The Bertz CT molecular complexity index is 493. The Labute approximate surface area is 110 Å². The van der Waals surface area contributed by atoms with Crippen LogP contribution in [0.15, 0.2) is 18.2 Å². The number of halogens is 1. The maximum Gasteiger partial charge on any atom is 0.248 e. The maximum absolute atomic E-state index is 13.4. The Balaban J connectivity index is 2.16. The fourth-order valence-electron chi connectivity index (χ4n) is 1.80. The van der Waals surface area contributed by atoms with E-state index in [-0.39, 0.29) is 23.1 Å². The van der Waals surface area contributed by atoms with Crippen LogP contribution in [0.4, 0.5) is 4.39 Å². The number of ether oxygens (including phenoxy) is 1. The predicted octanol–water partition coefficient (Wildman–Crippen LogP) is 0.819. The second-order valence-corrected chi connectivity index (χ2v) is 4.49. The maximum atomic E-state index is 13.4. The van der Waals surface area contributed by atoms with Gasteiger partial charge in [0.1, 0.15) is 17.4 Å². The average Bonchev–Trinajstić information content (AvgIpc) is 2.34. The molecule has 0 radical (unpaired) electrons. The summed E-state index contributed by atoms with van der Waals surface area (Å²) in [5.41, 5.74) is 6.45. The molecular formula is C12H13FN2O2S. The third kappa shape index (κ3) is 2.83. The minimum atomic E-state index is -0.445. The Morgan fingerprint density at radius 1 is 1.56 bits per heavy atom. The lowest BCUT2D eigenvalue weighted by Crippen LogP contribution is -2.40. The lowest BCUT2D eigenvalue weighted by molar-refractivity contribution is -0.143. The Kier molecular flexibility index (Phi) is 3.88. The molecule has 1 saturated heterocycles. The standard InChI is InChI=1S/C12H13FN2O2S/c13-10-2-1-8(5-9(10)12(14)18)6-15-3-4-17-7-11(15)16/h1-2,5H,3-4,6-7H2,(H2,14,18). The van der Waals surface area contributed by atoms with Crippen LogP contribution in [-0.4, -0.2) is 35.6 Å². The van der Waals surface area contributed by atoms with Gasteiger partial charge in [0, 0.05) is 18.7 Å². The molecule has 0 bridgehead atoms. The van der Waals surface area contributed by atoms with Gasteiger partial charge in [-0.05, 0) is 17.7 Å². The number of nitrogens with two attached hydrogens (primary N) is 1. The zero-order chi connectivity index (χ0) is 13.1. The molecule has 0 unspecified atom stereocenters. The molecule has 0 aliphatic carbocycles. The molecule has 1 aliphatic rings. The van der Waals surface area contributed by atoms with Crippen molar-refractivity contribution in [3.63, 3.8) is 0 Å². The van der Waals surface area contributed by atoms with E-state index in [1.807, 2.05) is 0 Å². The third-order valence-corrected chi connectivity index (χ3v) is 2.97. The number of benzene rings is 1. The Morgan fingerprint density at radius 3 is 3.00 bits per heavy atom. The summed E-state index contributed by atoms with van der Waals surface area (Å²) in [5, 5.41) is 0. The topological polar surface area (TPSA) is 55.6 Å². The first-order valence-corrected chi connectivity index (χ1v) is 5.92. The van der Waals surface area contributed by atoms with Crippen LogP contribution in [0.3, 0.4) is 0 Å². The van der Waals surface area contributed by atoms with E-state index in [0.717, 1.165) is 5.56 Å². The van der Waals surface area contributed by atoms with E-state index in [0.29, 0.717) is 19.7 Å². The van der Waals surface area contributed by atoms with E-state index >= 15 is 0 Å². The van der Waals surface area contributed by atoms with Crippen molar-refractivity contribution in [1.29, 1.82) is 0 Å². The molecule has 96 valence electrons. The molecule has 1 heterocycles. The van der Waals surface area contributed by atoms with Gasteiger partial charge in [0.25, 0.3) is 0 Å². The summed E-state index contributed by atoms with van der Waals surface area (Å²) in [7, 11) is 0. The molecule has 2 N–H and O–H groups in total. The quantitative estimate of drug-likeness (QED) is 0.825. The monoisotopic (exact) mass is 268 g/mol. The second-order valence-electron chi connectivity index (χ2n) is 4.05. The van der Waals surface area contributed by atoms with Crippen molar-refractivity contribution < 1.29 is 13.9 Å². The number of nitrogens with zero attached hydrogens (tertiary/aromatic N) is 1. The van der Waals surface area contributed by atoms with E-state index in [4.69, 9.17) is 22.7 Å². The lowest BCUT2D eigenvalue weighted by Gasteiger charge is -2.26. The van der Waals surface area contributed by atoms with Crippen LogP contribution in [0.25, 0.3) is 0 Å². The summed E-state index contributed by atoms with van der Waals surface area (Å²) < 4.78 is 18.4. The van der Waals surface area contributed by atoms with Gasteiger partial charge in [-0.2, -0.15) is 0 Å². The normalized spacial score (nSPS) is 15.8. The van der Waals surface area contributed by atoms with Crippen LogP contribution in [0.2, 0.25) is 0 Å². The van der Waals surface area contributed by atoms with Gasteiger partial charge >= 0.3 is 0 Å². The van der Waals surface area contributed by atoms with Gasteiger partial charge in [0.2, 0.25) is 5.91 Å². The number of hydrogen-bond donors (Lipinski definition) is 1. The van der Waals surface area contributed by atoms with E-state index in [2.05, 4.69) is 0 Å². The third-order valence-electron chi connectivity index (χ3n) is 2.75. The summed E-state index contributed by atoms with van der Waals surface area (Å²) in [6.07, 6.45) is 0. The van der Waals surface area contributed by atoms with Crippen molar-refractivity contribution in [2.45, 2.75) is 6.54 Å². The summed E-state index contributed by atoms with van der Waals surface area (Å²) >= 11 is 4.77. The molecule has 6 heteroatoms. The molecule has 1 amide bonds. The van der Waals surface area contributed by atoms with E-state index in [1.165, 1.54) is 6.07 Å². The number of amides is 1. The highest BCUT2D eigenvalue weighted by Crippen LogP contribution is 2.13. The van der Waals surface area contributed by atoms with Gasteiger partial charge in [0.05, 0.1) is 6.61 Å². The van der Waals surface area contributed by atoms with Crippen molar-refractivity contribution in [3.8, 4) is 0 Å². The molecule has 0 atom stereocenters. The number of carbonyl (C=O) groups excluding carboxylic acids is 1. The van der Waals surface area contributed by atoms with Crippen molar-refractivity contribution in [1.82, 2.24) is 4.90 Å². The van der Waals surface area contributed by atoms with Gasteiger partial charge in [0.15, 0.2) is 0 Å². The minimum Gasteiger partial charge on any atom is -0.389 e. The highest BCUT2D eigenvalue weighted by atomic mass is 32.1.